The van der Waals surface area contributed by atoms with E-state index in [4.69, 9.17) is 0 Å². The zero-order chi connectivity index (χ0) is 24.7. The van der Waals surface area contributed by atoms with Gasteiger partial charge < -0.3 is 10.0 Å². The monoisotopic (exact) mass is 480 g/mol. The van der Waals surface area contributed by atoms with E-state index < -0.39 is 29.8 Å². The van der Waals surface area contributed by atoms with E-state index in [9.17, 15) is 27.9 Å². The Morgan fingerprint density at radius 2 is 1.71 bits per heavy atom. The van der Waals surface area contributed by atoms with Crippen LogP contribution in [0, 0.1) is 0 Å². The second kappa shape index (κ2) is 8.85. The van der Waals surface area contributed by atoms with Crippen LogP contribution in [-0.4, -0.2) is 23.0 Å². The topological polar surface area (TPSA) is 69.6 Å². The molecule has 0 bridgehead atoms. The van der Waals surface area contributed by atoms with Crippen molar-refractivity contribution in [3.63, 3.8) is 0 Å². The van der Waals surface area contributed by atoms with E-state index in [0.717, 1.165) is 30.5 Å². The second-order valence-corrected chi connectivity index (χ2v) is 8.94. The summed E-state index contributed by atoms with van der Waals surface area (Å²) in [5.74, 6) is -1.34. The fourth-order valence-electron chi connectivity index (χ4n) is 5.15. The zero-order valence-electron chi connectivity index (χ0n) is 18.6. The van der Waals surface area contributed by atoms with Crippen molar-refractivity contribution in [1.29, 1.82) is 0 Å². The van der Waals surface area contributed by atoms with Crippen LogP contribution in [0.25, 0.3) is 0 Å². The van der Waals surface area contributed by atoms with Crippen molar-refractivity contribution in [3.05, 3.63) is 101 Å². The molecular formula is C27H23F3N2O3. The van der Waals surface area contributed by atoms with Gasteiger partial charge in [0.15, 0.2) is 0 Å². The van der Waals surface area contributed by atoms with E-state index in [1.54, 1.807) is 12.1 Å². The minimum atomic E-state index is -4.48. The molecule has 3 atom stereocenters. The molecule has 8 heteroatoms. The molecule has 1 fully saturated rings. The van der Waals surface area contributed by atoms with Crippen LogP contribution < -0.4 is 10.2 Å². The van der Waals surface area contributed by atoms with Gasteiger partial charge in [-0.1, -0.05) is 36.4 Å². The van der Waals surface area contributed by atoms with Gasteiger partial charge in [-0.3, -0.25) is 10.1 Å². The number of nitrogens with one attached hydrogen (secondary N) is 1. The molecule has 1 amide bonds. The number of alkyl halides is 3. The maximum Gasteiger partial charge on any atom is 0.416 e. The third-order valence-corrected chi connectivity index (χ3v) is 6.83. The summed E-state index contributed by atoms with van der Waals surface area (Å²) in [4.78, 5) is 26.6. The normalized spacial score (nSPS) is 21.9. The smallest absolute Gasteiger partial charge is 0.416 e. The molecule has 35 heavy (non-hydrogen) atoms. The van der Waals surface area contributed by atoms with Gasteiger partial charge in [-0.25, -0.2) is 4.79 Å². The van der Waals surface area contributed by atoms with Crippen molar-refractivity contribution in [1.82, 2.24) is 5.32 Å². The molecule has 1 aliphatic carbocycles. The average Bonchev–Trinajstić information content (AvgIpc) is 3.40. The Bertz CT molecular complexity index is 1270. The number of rotatable bonds is 5. The molecule has 3 aromatic rings. The first-order chi connectivity index (χ1) is 16.7. The van der Waals surface area contributed by atoms with Gasteiger partial charge in [0, 0.05) is 11.7 Å². The largest absolute Gasteiger partial charge is 0.478 e. The molecule has 1 aliphatic heterocycles. The summed E-state index contributed by atoms with van der Waals surface area (Å²) in [5, 5.41) is 12.9. The van der Waals surface area contributed by atoms with Gasteiger partial charge in [0.1, 0.15) is 0 Å². The maximum atomic E-state index is 13.6. The van der Waals surface area contributed by atoms with Gasteiger partial charge >= 0.3 is 12.1 Å². The lowest BCUT2D eigenvalue weighted by atomic mass is 9.99. The fourth-order valence-corrected chi connectivity index (χ4v) is 5.15. The Hall–Kier alpha value is -3.65. The van der Waals surface area contributed by atoms with Crippen LogP contribution in [0.15, 0.2) is 72.8 Å². The quantitative estimate of drug-likeness (QED) is 0.504. The van der Waals surface area contributed by atoms with Gasteiger partial charge in [-0.05, 0) is 72.4 Å². The van der Waals surface area contributed by atoms with Crippen molar-refractivity contribution in [3.8, 4) is 0 Å². The van der Waals surface area contributed by atoms with Gasteiger partial charge in [0.2, 0.25) is 5.91 Å². The highest BCUT2D eigenvalue weighted by molar-refractivity contribution is 6.00. The summed E-state index contributed by atoms with van der Waals surface area (Å²) in [7, 11) is 0. The van der Waals surface area contributed by atoms with Crippen molar-refractivity contribution >= 4 is 17.6 Å². The number of aromatic carboxylic acids is 1. The molecule has 0 spiro atoms. The second-order valence-electron chi connectivity index (χ2n) is 8.94. The van der Waals surface area contributed by atoms with E-state index >= 15 is 0 Å². The molecular weight excluding hydrogens is 457 g/mol. The molecule has 3 aromatic carbocycles. The molecule has 1 heterocycles. The van der Waals surface area contributed by atoms with Crippen molar-refractivity contribution < 1.29 is 27.9 Å². The summed E-state index contributed by atoms with van der Waals surface area (Å²) in [5.41, 5.74) is 2.63. The number of halogens is 3. The molecule has 5 rings (SSSR count). The Morgan fingerprint density at radius 1 is 0.971 bits per heavy atom. The number of aryl methyl sites for hydroxylation is 1. The highest BCUT2D eigenvalue weighted by Gasteiger charge is 2.43. The number of hydrogen-bond donors (Lipinski definition) is 2. The lowest BCUT2D eigenvalue weighted by molar-refractivity contribution is -0.137. The minimum Gasteiger partial charge on any atom is -0.478 e. The summed E-state index contributed by atoms with van der Waals surface area (Å²) in [6.45, 7) is 0. The first-order valence-corrected chi connectivity index (χ1v) is 11.4. The van der Waals surface area contributed by atoms with Crippen LogP contribution in [0.1, 0.15) is 57.5 Å². The van der Waals surface area contributed by atoms with Gasteiger partial charge in [0.05, 0.1) is 23.2 Å². The molecule has 5 nitrogen and oxygen atoms in total. The highest BCUT2D eigenvalue weighted by Crippen LogP contribution is 2.40. The number of amides is 1. The number of hydrogen-bond acceptors (Lipinski definition) is 3. The maximum absolute atomic E-state index is 13.6. The Labute approximate surface area is 200 Å². The summed E-state index contributed by atoms with van der Waals surface area (Å²) < 4.78 is 39.3. The van der Waals surface area contributed by atoms with E-state index in [1.807, 2.05) is 18.2 Å². The molecule has 0 aromatic heterocycles. The molecule has 0 saturated carbocycles. The van der Waals surface area contributed by atoms with Crippen LogP contribution in [0.4, 0.5) is 18.9 Å². The van der Waals surface area contributed by atoms with E-state index in [0.29, 0.717) is 17.7 Å². The number of carbonyl (C=O) groups is 2. The number of anilines is 1. The zero-order valence-corrected chi connectivity index (χ0v) is 18.6. The summed E-state index contributed by atoms with van der Waals surface area (Å²) >= 11 is 0. The summed E-state index contributed by atoms with van der Waals surface area (Å²) in [6, 6.07) is 17.8. The van der Waals surface area contributed by atoms with Gasteiger partial charge in [0.25, 0.3) is 0 Å². The van der Waals surface area contributed by atoms with E-state index in [-0.39, 0.29) is 17.5 Å². The Morgan fingerprint density at radius 3 is 2.43 bits per heavy atom. The van der Waals surface area contributed by atoms with Crippen LogP contribution >= 0.6 is 0 Å². The van der Waals surface area contributed by atoms with Crippen LogP contribution in [0.3, 0.4) is 0 Å². The van der Waals surface area contributed by atoms with Gasteiger partial charge in [-0.15, -0.1) is 0 Å². The van der Waals surface area contributed by atoms with Crippen molar-refractivity contribution in [2.75, 3.05) is 4.90 Å². The molecule has 2 aliphatic rings. The Balaban J connectivity index is 1.49. The number of fused-ring (bicyclic) bond motifs is 1. The number of nitrogens with zero attached hydrogens (tertiary/aromatic N) is 1. The molecule has 1 saturated heterocycles. The predicted molar refractivity (Wildman–Crippen MR) is 124 cm³/mol. The number of benzene rings is 3. The summed E-state index contributed by atoms with van der Waals surface area (Å²) in [6.07, 6.45) is -2.37. The third-order valence-electron chi connectivity index (χ3n) is 6.83. The third kappa shape index (κ3) is 4.41. The standard InChI is InChI=1S/C27H23F3N2O3/c28-27(29,30)19-9-11-20(12-10-19)32-24(17-5-3-6-18(14-17)26(34)35)15-23(25(32)33)31-22-13-8-16-4-1-2-7-21(16)22/h1-7,9-12,14,22-24,31H,8,13,15H2,(H,34,35)/t22-,23+,24+/m0/s1. The van der Waals surface area contributed by atoms with Crippen LogP contribution in [0.2, 0.25) is 0 Å². The lowest BCUT2D eigenvalue weighted by Gasteiger charge is -2.26. The van der Waals surface area contributed by atoms with Crippen LogP contribution in [-0.2, 0) is 17.4 Å². The number of carboxylic acids is 1. The first kappa shape index (κ1) is 23.1. The molecule has 2 N–H and O–H groups in total. The lowest BCUT2D eigenvalue weighted by Crippen LogP contribution is -2.40. The average molecular weight is 480 g/mol. The SMILES string of the molecule is O=C(O)c1cccc([C@H]2C[C@@H](N[C@H]3CCc4ccccc43)C(=O)N2c2ccc(C(F)(F)F)cc2)c1. The van der Waals surface area contributed by atoms with Crippen LogP contribution in [0.5, 0.6) is 0 Å². The number of carboxylic acid groups (broad SMARTS) is 1. The first-order valence-electron chi connectivity index (χ1n) is 11.4. The minimum absolute atomic E-state index is 0.00120. The van der Waals surface area contributed by atoms with Gasteiger partial charge in [-0.2, -0.15) is 13.2 Å². The molecule has 0 unspecified atom stereocenters. The van der Waals surface area contributed by atoms with Crippen molar-refractivity contribution in [2.45, 2.75) is 43.6 Å². The fraction of sp³-hybridized carbons (Fsp3) is 0.259. The Kier molecular flexibility index (Phi) is 5.84. The van der Waals surface area contributed by atoms with E-state index in [1.165, 1.54) is 34.7 Å². The molecule has 0 radical (unpaired) electrons. The predicted octanol–water partition coefficient (Wildman–Crippen LogP) is 5.53. The number of carbonyl (C=O) groups excluding carboxylic acids is 1. The van der Waals surface area contributed by atoms with E-state index in [2.05, 4.69) is 11.4 Å². The highest BCUT2D eigenvalue weighted by atomic mass is 19.4. The van der Waals surface area contributed by atoms with Crippen molar-refractivity contribution in [2.24, 2.45) is 0 Å². The molecule has 180 valence electrons.